The largest absolute Gasteiger partial charge is 0.273 e. The number of nitrogens with zero attached hydrogens (tertiary/aromatic N) is 2. The highest BCUT2D eigenvalue weighted by atomic mass is 16.7. The Hall–Kier alpha value is -4.22. The molecule has 2 aliphatic rings. The van der Waals surface area contributed by atoms with Crippen LogP contribution in [0, 0.1) is 0 Å². The lowest BCUT2D eigenvalue weighted by Gasteiger charge is -2.35. The van der Waals surface area contributed by atoms with Gasteiger partial charge in [-0.2, -0.15) is 0 Å². The lowest BCUT2D eigenvalue weighted by molar-refractivity contribution is -0.126. The molecule has 0 radical (unpaired) electrons. The minimum absolute atomic E-state index is 0.285. The van der Waals surface area contributed by atoms with Crippen molar-refractivity contribution in [3.05, 3.63) is 132 Å². The van der Waals surface area contributed by atoms with E-state index in [1.165, 1.54) is 4.90 Å². The normalized spacial score (nSPS) is 23.9. The van der Waals surface area contributed by atoms with Crippen LogP contribution in [0.2, 0.25) is 0 Å². The summed E-state index contributed by atoms with van der Waals surface area (Å²) in [6.07, 6.45) is -1.01. The van der Waals surface area contributed by atoms with Crippen molar-refractivity contribution in [2.45, 2.75) is 17.6 Å². The quantitative estimate of drug-likeness (QED) is 0.411. The van der Waals surface area contributed by atoms with Crippen molar-refractivity contribution >= 4 is 23.2 Å². The molecule has 4 aromatic carbocycles. The van der Waals surface area contributed by atoms with Gasteiger partial charge in [-0.25, -0.2) is 9.96 Å². The van der Waals surface area contributed by atoms with Crippen LogP contribution in [-0.4, -0.2) is 17.9 Å². The molecule has 6 rings (SSSR count). The molecule has 0 aromatic heterocycles. The van der Waals surface area contributed by atoms with E-state index in [1.54, 1.807) is 17.2 Å². The molecular weight excluding hydrogens is 424 g/mol. The highest BCUT2D eigenvalue weighted by molar-refractivity contribution is 6.28. The molecule has 34 heavy (non-hydrogen) atoms. The van der Waals surface area contributed by atoms with E-state index in [9.17, 15) is 9.59 Å². The third kappa shape index (κ3) is 2.84. The number of hydrogen-bond donors (Lipinski definition) is 0. The summed E-state index contributed by atoms with van der Waals surface area (Å²) in [5, 5.41) is 1.74. The maximum absolute atomic E-state index is 14.5. The summed E-state index contributed by atoms with van der Waals surface area (Å²) in [7, 11) is 0. The van der Waals surface area contributed by atoms with Gasteiger partial charge in [-0.05, 0) is 35.4 Å². The second-order valence-electron chi connectivity index (χ2n) is 8.51. The van der Waals surface area contributed by atoms with E-state index in [4.69, 9.17) is 4.84 Å². The Labute approximate surface area is 197 Å². The van der Waals surface area contributed by atoms with Gasteiger partial charge in [-0.3, -0.25) is 14.4 Å². The number of amides is 2. The van der Waals surface area contributed by atoms with Gasteiger partial charge in [-0.1, -0.05) is 97.1 Å². The zero-order valence-electron chi connectivity index (χ0n) is 18.3. The maximum atomic E-state index is 14.5. The minimum Gasteiger partial charge on any atom is -0.273 e. The Morgan fingerprint density at radius 2 is 1.12 bits per heavy atom. The molecule has 0 spiro atoms. The van der Waals surface area contributed by atoms with Crippen LogP contribution in [0.1, 0.15) is 17.2 Å². The average Bonchev–Trinajstić information content (AvgIpc) is 3.37. The summed E-state index contributed by atoms with van der Waals surface area (Å²) in [4.78, 5) is 36.1. The van der Waals surface area contributed by atoms with Gasteiger partial charge in [0.15, 0.2) is 6.10 Å². The number of carbonyl (C=O) groups excluding carboxylic acids is 2. The van der Waals surface area contributed by atoms with E-state index in [1.807, 2.05) is 109 Å². The molecule has 2 amide bonds. The smallest absolute Gasteiger partial charge is 0.267 e. The first-order chi connectivity index (χ1) is 16.7. The third-order valence-corrected chi connectivity index (χ3v) is 6.69. The molecule has 5 nitrogen and oxygen atoms in total. The Kier molecular flexibility index (Phi) is 4.78. The van der Waals surface area contributed by atoms with Gasteiger partial charge in [0, 0.05) is 0 Å². The van der Waals surface area contributed by atoms with Crippen LogP contribution in [0.15, 0.2) is 121 Å². The van der Waals surface area contributed by atoms with Crippen LogP contribution in [0.5, 0.6) is 0 Å². The molecule has 2 saturated heterocycles. The van der Waals surface area contributed by atoms with Gasteiger partial charge in [-0.15, -0.1) is 0 Å². The second-order valence-corrected chi connectivity index (χ2v) is 8.51. The SMILES string of the molecule is O=C1[C@H]2ON(c3ccccc3)[C@H](c3ccccc3)[C@@]2(c2ccccc2)C(=O)N1c1ccccc1. The third-order valence-electron chi connectivity index (χ3n) is 6.69. The zero-order valence-corrected chi connectivity index (χ0v) is 18.3. The second kappa shape index (κ2) is 7.97. The number of carbonyl (C=O) groups is 2. The van der Waals surface area contributed by atoms with Crippen LogP contribution >= 0.6 is 0 Å². The van der Waals surface area contributed by atoms with Gasteiger partial charge >= 0.3 is 0 Å². The van der Waals surface area contributed by atoms with Crippen molar-refractivity contribution < 1.29 is 14.4 Å². The van der Waals surface area contributed by atoms with Crippen molar-refractivity contribution in [2.75, 3.05) is 9.96 Å². The van der Waals surface area contributed by atoms with Gasteiger partial charge in [0.2, 0.25) is 5.91 Å². The first-order valence-corrected chi connectivity index (χ1v) is 11.3. The van der Waals surface area contributed by atoms with E-state index in [-0.39, 0.29) is 11.8 Å². The van der Waals surface area contributed by atoms with Gasteiger partial charge in [0.25, 0.3) is 5.91 Å². The highest BCUT2D eigenvalue weighted by Crippen LogP contribution is 2.57. The first-order valence-electron chi connectivity index (χ1n) is 11.3. The number of hydroxylamine groups is 1. The number of rotatable bonds is 4. The molecule has 4 aromatic rings. The van der Waals surface area contributed by atoms with Crippen molar-refractivity contribution in [3.63, 3.8) is 0 Å². The van der Waals surface area contributed by atoms with Crippen LogP contribution in [0.4, 0.5) is 11.4 Å². The monoisotopic (exact) mass is 446 g/mol. The molecule has 166 valence electrons. The summed E-state index contributed by atoms with van der Waals surface area (Å²) < 4.78 is 0. The maximum Gasteiger partial charge on any atom is 0.267 e. The lowest BCUT2D eigenvalue weighted by atomic mass is 9.69. The minimum atomic E-state index is -1.26. The van der Waals surface area contributed by atoms with Crippen molar-refractivity contribution in [2.24, 2.45) is 0 Å². The van der Waals surface area contributed by atoms with Gasteiger partial charge < -0.3 is 0 Å². The van der Waals surface area contributed by atoms with E-state index in [0.717, 1.165) is 16.8 Å². The molecule has 0 saturated carbocycles. The number of anilines is 2. The van der Waals surface area contributed by atoms with Gasteiger partial charge in [0.05, 0.1) is 11.4 Å². The Balaban J connectivity index is 1.62. The molecule has 0 N–H and O–H groups in total. The molecular formula is C29H22N2O3. The summed E-state index contributed by atoms with van der Waals surface area (Å²) >= 11 is 0. The predicted molar refractivity (Wildman–Crippen MR) is 130 cm³/mol. The molecule has 0 aliphatic carbocycles. The standard InChI is InChI=1S/C29H22N2O3/c32-27-26-29(22-15-7-2-8-16-22,28(33)30(27)23-17-9-3-10-18-23)25(21-13-5-1-6-14-21)31(34-26)24-19-11-4-12-20-24/h1-20,25-26H/t25-,26-,29-/m1/s1. The number of benzene rings is 4. The van der Waals surface area contributed by atoms with E-state index in [0.29, 0.717) is 5.69 Å². The average molecular weight is 447 g/mol. The number of para-hydroxylation sites is 2. The van der Waals surface area contributed by atoms with Crippen molar-refractivity contribution in [3.8, 4) is 0 Å². The first kappa shape index (κ1) is 20.4. The summed E-state index contributed by atoms with van der Waals surface area (Å²) in [5.74, 6) is -0.647. The molecule has 3 atom stereocenters. The molecule has 2 fully saturated rings. The summed E-state index contributed by atoms with van der Waals surface area (Å²) in [6, 6.07) is 37.5. The fourth-order valence-electron chi connectivity index (χ4n) is 5.24. The highest BCUT2D eigenvalue weighted by Gasteiger charge is 2.72. The van der Waals surface area contributed by atoms with E-state index in [2.05, 4.69) is 0 Å². The number of hydrogen-bond acceptors (Lipinski definition) is 4. The molecule has 2 aliphatic heterocycles. The molecule has 2 heterocycles. The van der Waals surface area contributed by atoms with E-state index >= 15 is 0 Å². The predicted octanol–water partition coefficient (Wildman–Crippen LogP) is 5.06. The zero-order chi connectivity index (χ0) is 23.1. The fraction of sp³-hybridized carbons (Fsp3) is 0.103. The molecule has 0 unspecified atom stereocenters. The Morgan fingerprint density at radius 1 is 0.618 bits per heavy atom. The fourth-order valence-corrected chi connectivity index (χ4v) is 5.24. The summed E-state index contributed by atoms with van der Waals surface area (Å²) in [6.45, 7) is 0. The topological polar surface area (TPSA) is 49.9 Å². The molecule has 0 bridgehead atoms. The molecule has 5 heteroatoms. The van der Waals surface area contributed by atoms with Gasteiger partial charge in [0.1, 0.15) is 11.5 Å². The van der Waals surface area contributed by atoms with Crippen LogP contribution in [-0.2, 0) is 19.8 Å². The van der Waals surface area contributed by atoms with E-state index < -0.39 is 17.6 Å². The van der Waals surface area contributed by atoms with Crippen molar-refractivity contribution in [1.82, 2.24) is 0 Å². The van der Waals surface area contributed by atoms with Crippen LogP contribution < -0.4 is 9.96 Å². The Bertz CT molecular complexity index is 1330. The Morgan fingerprint density at radius 3 is 1.71 bits per heavy atom. The summed E-state index contributed by atoms with van der Waals surface area (Å²) in [5.41, 5.74) is 1.72. The van der Waals surface area contributed by atoms with Crippen LogP contribution in [0.25, 0.3) is 0 Å². The van der Waals surface area contributed by atoms with Crippen molar-refractivity contribution in [1.29, 1.82) is 0 Å². The lowest BCUT2D eigenvalue weighted by Crippen LogP contribution is -2.46. The number of imide groups is 1. The number of fused-ring (bicyclic) bond motifs is 1. The van der Waals surface area contributed by atoms with Crippen LogP contribution in [0.3, 0.4) is 0 Å².